The molecular formula is C10H8ClFN2O. The second kappa shape index (κ2) is 4.40. The molecule has 0 bridgehead atoms. The highest BCUT2D eigenvalue weighted by molar-refractivity contribution is 6.17. The summed E-state index contributed by atoms with van der Waals surface area (Å²) in [5, 5.41) is 0. The fraction of sp³-hybridized carbons (Fsp3) is 0.200. The van der Waals surface area contributed by atoms with E-state index in [0.717, 1.165) is 6.20 Å². The fourth-order valence-corrected chi connectivity index (χ4v) is 1.31. The highest BCUT2D eigenvalue weighted by atomic mass is 35.5. The van der Waals surface area contributed by atoms with Gasteiger partial charge in [0.25, 0.3) is 0 Å². The Balaban J connectivity index is 2.25. The molecule has 0 amide bonds. The maximum Gasteiger partial charge on any atom is 0.196 e. The van der Waals surface area contributed by atoms with E-state index >= 15 is 0 Å². The number of aromatic nitrogens is 2. The van der Waals surface area contributed by atoms with Gasteiger partial charge in [0.2, 0.25) is 0 Å². The molecule has 3 nitrogen and oxygen atoms in total. The Morgan fingerprint density at radius 1 is 1.27 bits per heavy atom. The van der Waals surface area contributed by atoms with Gasteiger partial charge in [-0.05, 0) is 12.1 Å². The standard InChI is InChI=1S/C10H8ClFN2O/c11-4-3-10-14-6-9(15-10)8-2-1-7(12)5-13-8/h1-2,5-6H,3-4H2. The molecule has 2 aromatic heterocycles. The number of alkyl halides is 1. The molecule has 0 atom stereocenters. The summed E-state index contributed by atoms with van der Waals surface area (Å²) in [5.74, 6) is 1.16. The Morgan fingerprint density at radius 3 is 2.80 bits per heavy atom. The minimum atomic E-state index is -0.376. The molecule has 15 heavy (non-hydrogen) atoms. The van der Waals surface area contributed by atoms with Crippen LogP contribution in [0.3, 0.4) is 0 Å². The van der Waals surface area contributed by atoms with E-state index in [-0.39, 0.29) is 5.82 Å². The van der Waals surface area contributed by atoms with Crippen molar-refractivity contribution in [1.82, 2.24) is 9.97 Å². The van der Waals surface area contributed by atoms with Gasteiger partial charge < -0.3 is 4.42 Å². The number of hydrogen-bond acceptors (Lipinski definition) is 3. The number of aryl methyl sites for hydroxylation is 1. The Morgan fingerprint density at radius 2 is 2.13 bits per heavy atom. The van der Waals surface area contributed by atoms with Crippen LogP contribution < -0.4 is 0 Å². The number of oxazole rings is 1. The third kappa shape index (κ3) is 2.33. The van der Waals surface area contributed by atoms with E-state index in [1.807, 2.05) is 0 Å². The first-order valence-corrected chi connectivity index (χ1v) is 4.95. The zero-order valence-corrected chi connectivity index (χ0v) is 8.54. The van der Waals surface area contributed by atoms with E-state index < -0.39 is 0 Å². The first-order chi connectivity index (χ1) is 7.29. The molecule has 78 valence electrons. The van der Waals surface area contributed by atoms with Gasteiger partial charge >= 0.3 is 0 Å². The monoisotopic (exact) mass is 226 g/mol. The Bertz CT molecular complexity index is 441. The van der Waals surface area contributed by atoms with E-state index in [2.05, 4.69) is 9.97 Å². The predicted molar refractivity (Wildman–Crippen MR) is 54.1 cm³/mol. The molecule has 0 aliphatic rings. The van der Waals surface area contributed by atoms with Crippen molar-refractivity contribution in [3.05, 3.63) is 36.2 Å². The number of hydrogen-bond donors (Lipinski definition) is 0. The van der Waals surface area contributed by atoms with E-state index in [0.29, 0.717) is 29.6 Å². The number of halogens is 2. The van der Waals surface area contributed by atoms with Gasteiger partial charge in [-0.15, -0.1) is 11.6 Å². The third-order valence-electron chi connectivity index (χ3n) is 1.84. The second-order valence-electron chi connectivity index (χ2n) is 2.92. The maximum absolute atomic E-state index is 12.6. The molecule has 0 radical (unpaired) electrons. The minimum Gasteiger partial charge on any atom is -0.439 e. The van der Waals surface area contributed by atoms with Crippen molar-refractivity contribution in [1.29, 1.82) is 0 Å². The lowest BCUT2D eigenvalue weighted by Crippen LogP contribution is -1.84. The number of rotatable bonds is 3. The van der Waals surface area contributed by atoms with Crippen LogP contribution in [0.2, 0.25) is 0 Å². The Kier molecular flexibility index (Phi) is 2.97. The lowest BCUT2D eigenvalue weighted by molar-refractivity contribution is 0.513. The van der Waals surface area contributed by atoms with Crippen LogP contribution in [-0.4, -0.2) is 15.8 Å². The van der Waals surface area contributed by atoms with E-state index in [1.165, 1.54) is 6.07 Å². The molecule has 0 unspecified atom stereocenters. The van der Waals surface area contributed by atoms with Crippen molar-refractivity contribution in [2.75, 3.05) is 5.88 Å². The topological polar surface area (TPSA) is 38.9 Å². The van der Waals surface area contributed by atoms with Gasteiger partial charge in [0.15, 0.2) is 11.7 Å². The molecule has 0 spiro atoms. The summed E-state index contributed by atoms with van der Waals surface area (Å²) in [5.41, 5.74) is 0.560. The molecule has 0 fully saturated rings. The van der Waals surface area contributed by atoms with Crippen LogP contribution >= 0.6 is 11.6 Å². The average molecular weight is 227 g/mol. The third-order valence-corrected chi connectivity index (χ3v) is 2.03. The molecule has 0 aliphatic heterocycles. The van der Waals surface area contributed by atoms with Gasteiger partial charge in [0.1, 0.15) is 11.5 Å². The van der Waals surface area contributed by atoms with Crippen molar-refractivity contribution in [2.45, 2.75) is 6.42 Å². The Labute approximate surface area is 90.9 Å². The zero-order valence-electron chi connectivity index (χ0n) is 7.78. The smallest absolute Gasteiger partial charge is 0.196 e. The lowest BCUT2D eigenvalue weighted by atomic mass is 10.3. The molecular weight excluding hydrogens is 219 g/mol. The van der Waals surface area contributed by atoms with Gasteiger partial charge in [-0.2, -0.15) is 0 Å². The normalized spacial score (nSPS) is 10.5. The molecule has 0 saturated heterocycles. The van der Waals surface area contributed by atoms with Crippen LogP contribution in [0.15, 0.2) is 28.9 Å². The summed E-state index contributed by atoms with van der Waals surface area (Å²) in [4.78, 5) is 7.90. The van der Waals surface area contributed by atoms with Gasteiger partial charge in [-0.3, -0.25) is 0 Å². The molecule has 5 heteroatoms. The number of nitrogens with zero attached hydrogens (tertiary/aromatic N) is 2. The van der Waals surface area contributed by atoms with Crippen LogP contribution in [0.1, 0.15) is 5.89 Å². The molecule has 0 N–H and O–H groups in total. The van der Waals surface area contributed by atoms with Gasteiger partial charge in [-0.25, -0.2) is 14.4 Å². The second-order valence-corrected chi connectivity index (χ2v) is 3.30. The first kappa shape index (κ1) is 10.1. The van der Waals surface area contributed by atoms with Crippen LogP contribution in [0.5, 0.6) is 0 Å². The molecule has 2 rings (SSSR count). The van der Waals surface area contributed by atoms with Crippen molar-refractivity contribution >= 4 is 11.6 Å². The van der Waals surface area contributed by atoms with Gasteiger partial charge in [0.05, 0.1) is 12.4 Å². The Hall–Kier alpha value is -1.42. The lowest BCUT2D eigenvalue weighted by Gasteiger charge is -1.94. The molecule has 0 saturated carbocycles. The fourth-order valence-electron chi connectivity index (χ4n) is 1.15. The zero-order chi connectivity index (χ0) is 10.7. The summed E-state index contributed by atoms with van der Waals surface area (Å²) >= 11 is 5.55. The molecule has 2 aromatic rings. The van der Waals surface area contributed by atoms with Crippen LogP contribution in [0.25, 0.3) is 11.5 Å². The summed E-state index contributed by atoms with van der Waals surface area (Å²) in [7, 11) is 0. The summed E-state index contributed by atoms with van der Waals surface area (Å²) in [6, 6.07) is 2.87. The predicted octanol–water partition coefficient (Wildman–Crippen LogP) is 2.66. The molecule has 0 aromatic carbocycles. The van der Waals surface area contributed by atoms with Crippen LogP contribution in [0, 0.1) is 5.82 Å². The minimum absolute atomic E-state index is 0.376. The maximum atomic E-state index is 12.6. The van der Waals surface area contributed by atoms with Gasteiger partial charge in [0, 0.05) is 12.3 Å². The summed E-state index contributed by atoms with van der Waals surface area (Å²) in [6.07, 6.45) is 3.27. The van der Waals surface area contributed by atoms with E-state index in [1.54, 1.807) is 12.3 Å². The first-order valence-electron chi connectivity index (χ1n) is 4.42. The van der Waals surface area contributed by atoms with E-state index in [9.17, 15) is 4.39 Å². The van der Waals surface area contributed by atoms with E-state index in [4.69, 9.17) is 16.0 Å². The number of pyridine rings is 1. The van der Waals surface area contributed by atoms with Crippen molar-refractivity contribution in [3.8, 4) is 11.5 Å². The molecule has 2 heterocycles. The highest BCUT2D eigenvalue weighted by Gasteiger charge is 2.06. The van der Waals surface area contributed by atoms with Crippen molar-refractivity contribution < 1.29 is 8.81 Å². The summed E-state index contributed by atoms with van der Waals surface area (Å²) < 4.78 is 18.0. The van der Waals surface area contributed by atoms with Crippen LogP contribution in [0.4, 0.5) is 4.39 Å². The van der Waals surface area contributed by atoms with Crippen molar-refractivity contribution in [2.24, 2.45) is 0 Å². The van der Waals surface area contributed by atoms with Crippen LogP contribution in [-0.2, 0) is 6.42 Å². The SMILES string of the molecule is Fc1ccc(-c2cnc(CCCl)o2)nc1. The van der Waals surface area contributed by atoms with Crippen molar-refractivity contribution in [3.63, 3.8) is 0 Å². The largest absolute Gasteiger partial charge is 0.439 e. The summed E-state index contributed by atoms with van der Waals surface area (Å²) in [6.45, 7) is 0. The highest BCUT2D eigenvalue weighted by Crippen LogP contribution is 2.18. The molecule has 0 aliphatic carbocycles. The van der Waals surface area contributed by atoms with Gasteiger partial charge in [-0.1, -0.05) is 0 Å². The quantitative estimate of drug-likeness (QED) is 0.756. The average Bonchev–Trinajstić information content (AvgIpc) is 2.68.